The van der Waals surface area contributed by atoms with Gasteiger partial charge in [-0.25, -0.2) is 0 Å². The van der Waals surface area contributed by atoms with Crippen LogP contribution in [0.5, 0.6) is 5.75 Å². The lowest BCUT2D eigenvalue weighted by Crippen LogP contribution is -2.47. The summed E-state index contributed by atoms with van der Waals surface area (Å²) in [6.45, 7) is 8.20. The zero-order valence-electron chi connectivity index (χ0n) is 16.4. The van der Waals surface area contributed by atoms with Gasteiger partial charge in [0.2, 0.25) is 5.91 Å². The topological polar surface area (TPSA) is 67.4 Å². The maximum Gasteiger partial charge on any atom is 0.255 e. The summed E-state index contributed by atoms with van der Waals surface area (Å²) in [5.74, 6) is -0.116. The highest BCUT2D eigenvalue weighted by molar-refractivity contribution is 6.02. The molecule has 0 bridgehead atoms. The number of anilines is 1. The van der Waals surface area contributed by atoms with E-state index >= 15 is 0 Å². The van der Waals surface area contributed by atoms with Gasteiger partial charge in [0.1, 0.15) is 11.8 Å². The number of rotatable bonds is 8. The minimum atomic E-state index is -0.655. The van der Waals surface area contributed by atoms with E-state index in [9.17, 15) is 9.59 Å². The Bertz CT molecular complexity index is 787. The second-order valence-corrected chi connectivity index (χ2v) is 6.67. The first-order valence-corrected chi connectivity index (χ1v) is 9.38. The first-order chi connectivity index (χ1) is 13.0. The molecule has 2 aromatic rings. The molecule has 0 radical (unpaired) electrons. The van der Waals surface area contributed by atoms with Crippen molar-refractivity contribution in [3.8, 4) is 5.75 Å². The van der Waals surface area contributed by atoms with Crippen molar-refractivity contribution in [3.05, 3.63) is 59.7 Å². The molecule has 0 aromatic heterocycles. The van der Waals surface area contributed by atoms with Gasteiger partial charge in [0.15, 0.2) is 0 Å². The predicted molar refractivity (Wildman–Crippen MR) is 108 cm³/mol. The smallest absolute Gasteiger partial charge is 0.255 e. The maximum atomic E-state index is 12.8. The van der Waals surface area contributed by atoms with Crippen LogP contribution < -0.4 is 15.4 Å². The Labute approximate surface area is 161 Å². The largest absolute Gasteiger partial charge is 0.493 e. The Kier molecular flexibility index (Phi) is 7.41. The van der Waals surface area contributed by atoms with E-state index in [1.165, 1.54) is 0 Å². The Morgan fingerprint density at radius 2 is 1.78 bits per heavy atom. The highest BCUT2D eigenvalue weighted by Crippen LogP contribution is 2.19. The van der Waals surface area contributed by atoms with Crippen LogP contribution in [0.4, 0.5) is 5.69 Å². The molecular formula is C22H28N2O3. The lowest BCUT2D eigenvalue weighted by Gasteiger charge is -2.22. The van der Waals surface area contributed by atoms with Gasteiger partial charge >= 0.3 is 0 Å². The maximum absolute atomic E-state index is 12.8. The summed E-state index contributed by atoms with van der Waals surface area (Å²) in [6.07, 6.45) is 0.891. The number of carbonyl (C=O) groups is 2. The van der Waals surface area contributed by atoms with Crippen molar-refractivity contribution in [1.82, 2.24) is 5.32 Å². The fraction of sp³-hybridized carbons (Fsp3) is 0.364. The molecule has 0 saturated heterocycles. The van der Waals surface area contributed by atoms with Gasteiger partial charge in [-0.15, -0.1) is 0 Å². The summed E-state index contributed by atoms with van der Waals surface area (Å²) >= 11 is 0. The highest BCUT2D eigenvalue weighted by atomic mass is 16.5. The zero-order valence-corrected chi connectivity index (χ0v) is 16.4. The Morgan fingerprint density at radius 3 is 2.44 bits per heavy atom. The second kappa shape index (κ2) is 9.76. The summed E-state index contributed by atoms with van der Waals surface area (Å²) in [5.41, 5.74) is 2.29. The average Bonchev–Trinajstić information content (AvgIpc) is 2.66. The van der Waals surface area contributed by atoms with Crippen LogP contribution in [0.1, 0.15) is 43.6 Å². The summed E-state index contributed by atoms with van der Waals surface area (Å²) in [7, 11) is 0. The fourth-order valence-electron chi connectivity index (χ4n) is 2.78. The Balaban J connectivity index is 2.15. The van der Waals surface area contributed by atoms with Gasteiger partial charge in [-0.05, 0) is 49.1 Å². The van der Waals surface area contributed by atoms with Crippen LogP contribution >= 0.6 is 0 Å². The quantitative estimate of drug-likeness (QED) is 0.739. The third kappa shape index (κ3) is 5.58. The van der Waals surface area contributed by atoms with Crippen LogP contribution in [-0.4, -0.2) is 24.5 Å². The molecule has 0 spiro atoms. The third-order valence-electron chi connectivity index (χ3n) is 4.27. The lowest BCUT2D eigenvalue weighted by molar-refractivity contribution is -0.118. The van der Waals surface area contributed by atoms with Crippen molar-refractivity contribution in [2.24, 2.45) is 5.92 Å². The van der Waals surface area contributed by atoms with Crippen LogP contribution in [0, 0.1) is 5.92 Å². The predicted octanol–water partition coefficient (Wildman–Crippen LogP) is 4.04. The summed E-state index contributed by atoms with van der Waals surface area (Å²) < 4.78 is 5.52. The number of aryl methyl sites for hydroxylation is 1. The number of carbonyl (C=O) groups excluding carboxylic acids is 2. The average molecular weight is 368 g/mol. The molecule has 0 aliphatic carbocycles. The normalized spacial score (nSPS) is 11.7. The van der Waals surface area contributed by atoms with Crippen molar-refractivity contribution >= 4 is 17.5 Å². The molecule has 2 rings (SSSR count). The van der Waals surface area contributed by atoms with E-state index in [1.54, 1.807) is 18.2 Å². The van der Waals surface area contributed by atoms with Crippen LogP contribution in [0.2, 0.25) is 0 Å². The van der Waals surface area contributed by atoms with E-state index < -0.39 is 6.04 Å². The first-order valence-electron chi connectivity index (χ1n) is 9.38. The summed E-state index contributed by atoms with van der Waals surface area (Å²) in [5, 5.41) is 5.76. The lowest BCUT2D eigenvalue weighted by atomic mass is 10.0. The molecule has 0 fully saturated rings. The molecule has 2 amide bonds. The van der Waals surface area contributed by atoms with E-state index in [1.807, 2.05) is 51.1 Å². The van der Waals surface area contributed by atoms with Gasteiger partial charge in [-0.3, -0.25) is 9.59 Å². The molecule has 27 heavy (non-hydrogen) atoms. The molecule has 5 nitrogen and oxygen atoms in total. The van der Waals surface area contributed by atoms with Crippen molar-refractivity contribution in [1.29, 1.82) is 0 Å². The Hall–Kier alpha value is -2.82. The molecule has 2 N–H and O–H groups in total. The van der Waals surface area contributed by atoms with Gasteiger partial charge in [0.05, 0.1) is 12.2 Å². The van der Waals surface area contributed by atoms with E-state index in [-0.39, 0.29) is 17.7 Å². The van der Waals surface area contributed by atoms with Gasteiger partial charge < -0.3 is 15.4 Å². The van der Waals surface area contributed by atoms with E-state index in [0.717, 1.165) is 17.7 Å². The number of benzene rings is 2. The fourth-order valence-corrected chi connectivity index (χ4v) is 2.78. The monoisotopic (exact) mass is 368 g/mol. The minimum Gasteiger partial charge on any atom is -0.493 e. The van der Waals surface area contributed by atoms with E-state index in [2.05, 4.69) is 17.6 Å². The van der Waals surface area contributed by atoms with Gasteiger partial charge in [0.25, 0.3) is 5.91 Å². The zero-order chi connectivity index (χ0) is 19.8. The molecule has 0 aliphatic heterocycles. The van der Waals surface area contributed by atoms with Crippen molar-refractivity contribution in [2.75, 3.05) is 11.9 Å². The standard InChI is InChI=1S/C22H28N2O3/c1-5-16-10-9-11-17(14-16)23-22(26)20(15(3)4)24-21(25)18-12-7-8-13-19(18)27-6-2/h7-15,20H,5-6H2,1-4H3,(H,23,26)(H,24,25)/t20-/m1/s1. The molecular weight excluding hydrogens is 340 g/mol. The number of hydrogen-bond acceptors (Lipinski definition) is 3. The number of amides is 2. The summed E-state index contributed by atoms with van der Waals surface area (Å²) in [4.78, 5) is 25.5. The van der Waals surface area contributed by atoms with Gasteiger partial charge in [-0.2, -0.15) is 0 Å². The second-order valence-electron chi connectivity index (χ2n) is 6.67. The van der Waals surface area contributed by atoms with E-state index in [4.69, 9.17) is 4.74 Å². The number of para-hydroxylation sites is 1. The SMILES string of the molecule is CCOc1ccccc1C(=O)N[C@@H](C(=O)Nc1cccc(CC)c1)C(C)C. The molecule has 1 atom stereocenters. The number of ether oxygens (including phenoxy) is 1. The van der Waals surface area contributed by atoms with Crippen molar-refractivity contribution in [2.45, 2.75) is 40.2 Å². The van der Waals surface area contributed by atoms with Gasteiger partial charge in [0, 0.05) is 5.69 Å². The van der Waals surface area contributed by atoms with Gasteiger partial charge in [-0.1, -0.05) is 45.0 Å². The molecule has 144 valence electrons. The molecule has 0 aliphatic rings. The molecule has 0 unspecified atom stereocenters. The number of hydrogen-bond donors (Lipinski definition) is 2. The molecule has 0 heterocycles. The molecule has 5 heteroatoms. The van der Waals surface area contributed by atoms with Crippen LogP contribution in [0.25, 0.3) is 0 Å². The minimum absolute atomic E-state index is 0.0671. The van der Waals surface area contributed by atoms with Crippen molar-refractivity contribution < 1.29 is 14.3 Å². The molecule has 2 aromatic carbocycles. The van der Waals surface area contributed by atoms with Crippen LogP contribution in [0.3, 0.4) is 0 Å². The van der Waals surface area contributed by atoms with Crippen LogP contribution in [0.15, 0.2) is 48.5 Å². The molecule has 0 saturated carbocycles. The third-order valence-corrected chi connectivity index (χ3v) is 4.27. The Morgan fingerprint density at radius 1 is 1.04 bits per heavy atom. The number of nitrogens with one attached hydrogen (secondary N) is 2. The summed E-state index contributed by atoms with van der Waals surface area (Å²) in [6, 6.07) is 14.1. The first kappa shape index (κ1) is 20.5. The highest BCUT2D eigenvalue weighted by Gasteiger charge is 2.26. The van der Waals surface area contributed by atoms with E-state index in [0.29, 0.717) is 17.9 Å². The van der Waals surface area contributed by atoms with Crippen LogP contribution in [-0.2, 0) is 11.2 Å². The van der Waals surface area contributed by atoms with Crippen molar-refractivity contribution in [3.63, 3.8) is 0 Å².